The van der Waals surface area contributed by atoms with E-state index >= 15 is 0 Å². The van der Waals surface area contributed by atoms with E-state index in [1.807, 2.05) is 0 Å². The second-order valence-electron chi connectivity index (χ2n) is 2.72. The lowest BCUT2D eigenvalue weighted by Crippen LogP contribution is -2.10. The minimum Gasteiger partial charge on any atom is -0.464 e. The van der Waals surface area contributed by atoms with Crippen molar-refractivity contribution in [3.8, 4) is 11.8 Å². The molecule has 1 heterocycles. The summed E-state index contributed by atoms with van der Waals surface area (Å²) in [7, 11) is 1.25. The Morgan fingerprint density at radius 1 is 1.69 bits per heavy atom. The summed E-state index contributed by atoms with van der Waals surface area (Å²) in [6, 6.07) is 0. The Labute approximate surface area is 98.0 Å². The van der Waals surface area contributed by atoms with E-state index in [0.717, 1.165) is 0 Å². The van der Waals surface area contributed by atoms with Crippen LogP contribution in [0.5, 0.6) is 0 Å². The maximum Gasteiger partial charge on any atom is 0.360 e. The normalized spacial score (nSPS) is 9.12. The molecule has 0 saturated heterocycles. The third kappa shape index (κ3) is 3.11. The van der Waals surface area contributed by atoms with Crippen LogP contribution in [-0.2, 0) is 4.74 Å². The maximum absolute atomic E-state index is 11.2. The van der Waals surface area contributed by atoms with E-state index in [-0.39, 0.29) is 11.5 Å². The molecule has 0 aliphatic heterocycles. The number of halogens is 1. The highest BCUT2D eigenvalue weighted by Gasteiger charge is 2.13. The van der Waals surface area contributed by atoms with E-state index in [4.69, 9.17) is 17.3 Å². The van der Waals surface area contributed by atoms with Gasteiger partial charge in [0.05, 0.1) is 13.3 Å². The van der Waals surface area contributed by atoms with Crippen molar-refractivity contribution in [2.75, 3.05) is 18.7 Å². The average Bonchev–Trinajstić information content (AvgIpc) is 2.30. The molecule has 1 rings (SSSR count). The molecule has 1 aromatic rings. The monoisotopic (exact) mass is 239 g/mol. The van der Waals surface area contributed by atoms with Crippen molar-refractivity contribution in [3.05, 3.63) is 17.6 Å². The summed E-state index contributed by atoms with van der Waals surface area (Å²) in [5.41, 5.74) is 5.81. The van der Waals surface area contributed by atoms with Crippen LogP contribution >= 0.6 is 11.6 Å². The second-order valence-corrected chi connectivity index (χ2v) is 3.10. The second kappa shape index (κ2) is 5.93. The van der Waals surface area contributed by atoms with Crippen LogP contribution < -0.4 is 5.73 Å². The largest absolute Gasteiger partial charge is 0.464 e. The molecule has 0 unspecified atom stereocenters. The van der Waals surface area contributed by atoms with E-state index in [9.17, 15) is 4.79 Å². The van der Waals surface area contributed by atoms with Gasteiger partial charge >= 0.3 is 5.97 Å². The first-order valence-corrected chi connectivity index (χ1v) is 4.98. The number of anilines is 1. The predicted molar refractivity (Wildman–Crippen MR) is 60.0 cm³/mol. The fraction of sp³-hybridized carbons (Fsp3) is 0.300. The van der Waals surface area contributed by atoms with Crippen LogP contribution in [0.3, 0.4) is 0 Å². The molecule has 2 N–H and O–H groups in total. The molecule has 0 radical (unpaired) electrons. The molecule has 0 aliphatic rings. The van der Waals surface area contributed by atoms with Gasteiger partial charge in [0, 0.05) is 12.3 Å². The Morgan fingerprint density at radius 2 is 2.44 bits per heavy atom. The lowest BCUT2D eigenvalue weighted by molar-refractivity contribution is 0.0595. The van der Waals surface area contributed by atoms with Gasteiger partial charge in [-0.25, -0.2) is 14.8 Å². The van der Waals surface area contributed by atoms with Crippen molar-refractivity contribution in [2.45, 2.75) is 6.42 Å². The summed E-state index contributed by atoms with van der Waals surface area (Å²) in [5, 5.41) is 0. The third-order valence-corrected chi connectivity index (χ3v) is 1.80. The molecule has 0 saturated carbocycles. The highest BCUT2D eigenvalue weighted by molar-refractivity contribution is 6.18. The van der Waals surface area contributed by atoms with E-state index in [1.54, 1.807) is 0 Å². The van der Waals surface area contributed by atoms with Crippen LogP contribution in [-0.4, -0.2) is 28.9 Å². The number of carbonyl (C=O) groups is 1. The molecule has 0 spiro atoms. The Balaban J connectivity index is 2.99. The van der Waals surface area contributed by atoms with Crippen LogP contribution in [0.15, 0.2) is 6.20 Å². The average molecular weight is 240 g/mol. The Morgan fingerprint density at radius 3 is 3.06 bits per heavy atom. The molecule has 0 bridgehead atoms. The van der Waals surface area contributed by atoms with E-state index in [0.29, 0.717) is 18.0 Å². The van der Waals surface area contributed by atoms with Crippen molar-refractivity contribution >= 4 is 23.4 Å². The topological polar surface area (TPSA) is 78.1 Å². The molecule has 84 valence electrons. The Bertz CT molecular complexity index is 451. The number of rotatable bonds is 2. The number of hydrogen-bond donors (Lipinski definition) is 1. The van der Waals surface area contributed by atoms with Gasteiger partial charge in [0.1, 0.15) is 5.69 Å². The predicted octanol–water partition coefficient (Wildman–Crippen LogP) is 0.826. The number of methoxy groups -OCH3 is 1. The number of nitrogens with zero attached hydrogens (tertiary/aromatic N) is 2. The number of alkyl halides is 1. The lowest BCUT2D eigenvalue weighted by Gasteiger charge is -2.01. The first-order chi connectivity index (χ1) is 7.69. The molecular formula is C10H10ClN3O2. The zero-order valence-electron chi connectivity index (χ0n) is 8.66. The highest BCUT2D eigenvalue weighted by Crippen LogP contribution is 2.06. The fourth-order valence-electron chi connectivity index (χ4n) is 0.906. The third-order valence-electron chi connectivity index (χ3n) is 1.62. The van der Waals surface area contributed by atoms with Crippen molar-refractivity contribution < 1.29 is 9.53 Å². The summed E-state index contributed by atoms with van der Waals surface area (Å²) < 4.78 is 4.51. The highest BCUT2D eigenvalue weighted by atomic mass is 35.5. The quantitative estimate of drug-likeness (QED) is 0.470. The van der Waals surface area contributed by atoms with Gasteiger partial charge < -0.3 is 10.5 Å². The van der Waals surface area contributed by atoms with Gasteiger partial charge in [-0.3, -0.25) is 0 Å². The maximum atomic E-state index is 11.2. The van der Waals surface area contributed by atoms with Gasteiger partial charge in [0.25, 0.3) is 0 Å². The smallest absolute Gasteiger partial charge is 0.360 e. The minimum absolute atomic E-state index is 0.0229. The van der Waals surface area contributed by atoms with Crippen molar-refractivity contribution in [3.63, 3.8) is 0 Å². The molecular weight excluding hydrogens is 230 g/mol. The number of nitrogens with two attached hydrogens (primary N) is 1. The first-order valence-electron chi connectivity index (χ1n) is 4.44. The van der Waals surface area contributed by atoms with Gasteiger partial charge in [-0.15, -0.1) is 11.6 Å². The van der Waals surface area contributed by atoms with Gasteiger partial charge in [-0.05, 0) is 5.92 Å². The lowest BCUT2D eigenvalue weighted by atomic mass is 10.3. The fourth-order valence-corrected chi connectivity index (χ4v) is 1.00. The van der Waals surface area contributed by atoms with Crippen molar-refractivity contribution in [1.82, 2.24) is 9.97 Å². The molecule has 0 atom stereocenters. The van der Waals surface area contributed by atoms with Gasteiger partial charge in [0.2, 0.25) is 0 Å². The number of ether oxygens (including phenoxy) is 1. The van der Waals surface area contributed by atoms with Crippen LogP contribution in [0.1, 0.15) is 22.6 Å². The van der Waals surface area contributed by atoms with Crippen molar-refractivity contribution in [2.24, 2.45) is 0 Å². The molecule has 6 heteroatoms. The zero-order chi connectivity index (χ0) is 12.0. The first kappa shape index (κ1) is 12.3. The van der Waals surface area contributed by atoms with Crippen LogP contribution in [0.2, 0.25) is 0 Å². The molecule has 0 aromatic carbocycles. The number of esters is 1. The molecule has 0 aliphatic carbocycles. The number of hydrogen-bond acceptors (Lipinski definition) is 5. The summed E-state index contributed by atoms with van der Waals surface area (Å²) in [6.07, 6.45) is 1.93. The Hall–Kier alpha value is -1.80. The molecule has 5 nitrogen and oxygen atoms in total. The van der Waals surface area contributed by atoms with Crippen molar-refractivity contribution in [1.29, 1.82) is 0 Å². The van der Waals surface area contributed by atoms with Crippen LogP contribution in [0, 0.1) is 11.8 Å². The van der Waals surface area contributed by atoms with E-state index in [2.05, 4.69) is 26.5 Å². The summed E-state index contributed by atoms with van der Waals surface area (Å²) in [4.78, 5) is 19.0. The summed E-state index contributed by atoms with van der Waals surface area (Å²) in [6.45, 7) is 0. The summed E-state index contributed by atoms with van der Waals surface area (Å²) in [5.74, 6) is 5.33. The van der Waals surface area contributed by atoms with Gasteiger partial charge in [-0.2, -0.15) is 0 Å². The molecule has 16 heavy (non-hydrogen) atoms. The van der Waals surface area contributed by atoms with Gasteiger partial charge in [0.15, 0.2) is 11.5 Å². The van der Waals surface area contributed by atoms with E-state index < -0.39 is 5.97 Å². The molecule has 0 fully saturated rings. The molecule has 0 amide bonds. The standard InChI is InChI=1S/C10H10ClN3O2/c1-16-10(15)8-9(12)13-6-7(14-8)4-2-3-5-11/h6H,3,5H2,1H3,(H2,12,13). The minimum atomic E-state index is -0.633. The number of carbonyl (C=O) groups excluding carboxylic acids is 1. The SMILES string of the molecule is COC(=O)c1nc(C#CCCCl)cnc1N. The molecule has 1 aromatic heterocycles. The number of nitrogen functional groups attached to an aromatic ring is 1. The number of aromatic nitrogens is 2. The van der Waals surface area contributed by atoms with Crippen LogP contribution in [0.4, 0.5) is 5.82 Å². The van der Waals surface area contributed by atoms with E-state index in [1.165, 1.54) is 13.3 Å². The summed E-state index contributed by atoms with van der Waals surface area (Å²) >= 11 is 5.46. The van der Waals surface area contributed by atoms with Crippen LogP contribution in [0.25, 0.3) is 0 Å². The Kier molecular flexibility index (Phi) is 4.55. The zero-order valence-corrected chi connectivity index (χ0v) is 9.41. The van der Waals surface area contributed by atoms with Gasteiger partial charge in [-0.1, -0.05) is 5.92 Å².